The number of amides is 3. The number of carbonyl (C=O) groups is 4. The van der Waals surface area contributed by atoms with Crippen LogP contribution in [0.2, 0.25) is 0 Å². The van der Waals surface area contributed by atoms with Crippen LogP contribution in [-0.4, -0.2) is 41.4 Å². The molecule has 8 heteroatoms. The molecule has 0 saturated carbocycles. The zero-order valence-electron chi connectivity index (χ0n) is 11.9. The van der Waals surface area contributed by atoms with E-state index in [2.05, 4.69) is 10.6 Å². The fraction of sp³-hybridized carbons (Fsp3) is 0.667. The van der Waals surface area contributed by atoms with Crippen molar-refractivity contribution in [1.29, 1.82) is 0 Å². The third-order valence-electron chi connectivity index (χ3n) is 2.40. The molecule has 0 aromatic rings. The number of carboxylic acids is 1. The van der Waals surface area contributed by atoms with Crippen LogP contribution in [0.5, 0.6) is 0 Å². The third kappa shape index (κ3) is 7.34. The van der Waals surface area contributed by atoms with E-state index in [1.165, 1.54) is 0 Å². The largest absolute Gasteiger partial charge is 0.480 e. The highest BCUT2D eigenvalue weighted by Crippen LogP contribution is 2.11. The van der Waals surface area contributed by atoms with Gasteiger partial charge in [-0.3, -0.25) is 14.4 Å². The average Bonchev–Trinajstić information content (AvgIpc) is 2.29. The predicted octanol–water partition coefficient (Wildman–Crippen LogP) is -1.02. The average molecular weight is 287 g/mol. The number of nitrogens with two attached hydrogens (primary N) is 1. The van der Waals surface area contributed by atoms with E-state index in [1.54, 1.807) is 20.8 Å². The second kappa shape index (κ2) is 7.46. The van der Waals surface area contributed by atoms with Gasteiger partial charge in [0.05, 0.1) is 6.54 Å². The van der Waals surface area contributed by atoms with Crippen molar-refractivity contribution in [1.82, 2.24) is 10.6 Å². The topological polar surface area (TPSA) is 139 Å². The highest BCUT2D eigenvalue weighted by atomic mass is 16.4. The smallest absolute Gasteiger partial charge is 0.326 e. The van der Waals surface area contributed by atoms with Crippen molar-refractivity contribution in [2.45, 2.75) is 39.7 Å². The molecule has 0 saturated heterocycles. The maximum absolute atomic E-state index is 11.5. The van der Waals surface area contributed by atoms with Gasteiger partial charge in [0.25, 0.3) is 0 Å². The molecule has 0 aliphatic rings. The van der Waals surface area contributed by atoms with Gasteiger partial charge >= 0.3 is 5.97 Å². The summed E-state index contributed by atoms with van der Waals surface area (Å²) in [6, 6.07) is -1.21. The number of aliphatic carboxylic acids is 1. The monoisotopic (exact) mass is 287 g/mol. The van der Waals surface area contributed by atoms with E-state index < -0.39 is 29.2 Å². The summed E-state index contributed by atoms with van der Waals surface area (Å²) in [5.74, 6) is -2.87. The molecule has 0 fully saturated rings. The van der Waals surface area contributed by atoms with Crippen molar-refractivity contribution in [2.24, 2.45) is 11.1 Å². The molecule has 0 aromatic carbocycles. The Hall–Kier alpha value is -2.12. The van der Waals surface area contributed by atoms with Gasteiger partial charge in [-0.25, -0.2) is 4.79 Å². The van der Waals surface area contributed by atoms with E-state index in [9.17, 15) is 19.2 Å². The minimum atomic E-state index is -1.26. The number of primary amides is 1. The maximum atomic E-state index is 11.5. The summed E-state index contributed by atoms with van der Waals surface area (Å²) in [7, 11) is 0. The van der Waals surface area contributed by atoms with Gasteiger partial charge in [0.2, 0.25) is 17.7 Å². The minimum Gasteiger partial charge on any atom is -0.480 e. The Labute approximate surface area is 117 Å². The summed E-state index contributed by atoms with van der Waals surface area (Å²) in [6.07, 6.45) is -0.241. The second-order valence-corrected chi connectivity index (χ2v) is 5.40. The van der Waals surface area contributed by atoms with E-state index in [0.29, 0.717) is 0 Å². The molecule has 3 amide bonds. The first-order chi connectivity index (χ1) is 9.04. The van der Waals surface area contributed by atoms with Crippen LogP contribution in [0.4, 0.5) is 0 Å². The zero-order chi connectivity index (χ0) is 15.9. The summed E-state index contributed by atoms with van der Waals surface area (Å²) in [4.78, 5) is 44.6. The molecule has 20 heavy (non-hydrogen) atoms. The lowest BCUT2D eigenvalue weighted by Gasteiger charge is -2.18. The molecule has 0 unspecified atom stereocenters. The van der Waals surface area contributed by atoms with Crippen molar-refractivity contribution >= 4 is 23.7 Å². The summed E-state index contributed by atoms with van der Waals surface area (Å²) < 4.78 is 0. The molecule has 0 aliphatic carbocycles. The predicted molar refractivity (Wildman–Crippen MR) is 70.5 cm³/mol. The maximum Gasteiger partial charge on any atom is 0.326 e. The van der Waals surface area contributed by atoms with Crippen LogP contribution < -0.4 is 16.4 Å². The van der Waals surface area contributed by atoms with Gasteiger partial charge < -0.3 is 21.5 Å². The minimum absolute atomic E-state index is 0.0936. The fourth-order valence-electron chi connectivity index (χ4n) is 1.22. The van der Waals surface area contributed by atoms with E-state index in [1.807, 2.05) is 0 Å². The molecule has 114 valence electrons. The Morgan fingerprint density at radius 1 is 1.20 bits per heavy atom. The Kier molecular flexibility index (Phi) is 6.67. The van der Waals surface area contributed by atoms with Crippen molar-refractivity contribution in [2.75, 3.05) is 6.54 Å². The van der Waals surface area contributed by atoms with Gasteiger partial charge in [-0.05, 0) is 6.42 Å². The molecule has 0 aromatic heterocycles. The summed E-state index contributed by atoms with van der Waals surface area (Å²) >= 11 is 0. The van der Waals surface area contributed by atoms with Gasteiger partial charge in [0.1, 0.15) is 6.04 Å². The number of carbonyl (C=O) groups excluding carboxylic acids is 3. The zero-order valence-corrected chi connectivity index (χ0v) is 11.9. The lowest BCUT2D eigenvalue weighted by Crippen LogP contribution is -2.47. The SMILES string of the molecule is CC(C)(C)C(=O)NCC(=O)N[C@@H](CCC(N)=O)C(=O)O. The van der Waals surface area contributed by atoms with Crippen molar-refractivity contribution < 1.29 is 24.3 Å². The van der Waals surface area contributed by atoms with Crippen LogP contribution in [0.3, 0.4) is 0 Å². The van der Waals surface area contributed by atoms with E-state index >= 15 is 0 Å². The van der Waals surface area contributed by atoms with E-state index in [4.69, 9.17) is 10.8 Å². The van der Waals surface area contributed by atoms with Gasteiger partial charge in [-0.1, -0.05) is 20.8 Å². The Bertz CT molecular complexity index is 400. The fourth-order valence-corrected chi connectivity index (χ4v) is 1.22. The quantitative estimate of drug-likeness (QED) is 0.475. The molecular formula is C12H21N3O5. The highest BCUT2D eigenvalue weighted by Gasteiger charge is 2.23. The van der Waals surface area contributed by atoms with Gasteiger partial charge in [-0.2, -0.15) is 0 Å². The molecular weight excluding hydrogens is 266 g/mol. The number of rotatable bonds is 7. The molecule has 0 spiro atoms. The number of carboxylic acid groups (broad SMARTS) is 1. The lowest BCUT2D eigenvalue weighted by atomic mass is 9.96. The first kappa shape index (κ1) is 17.9. The Morgan fingerprint density at radius 3 is 2.15 bits per heavy atom. The second-order valence-electron chi connectivity index (χ2n) is 5.40. The van der Waals surface area contributed by atoms with Crippen LogP contribution in [0.15, 0.2) is 0 Å². The number of hydrogen-bond acceptors (Lipinski definition) is 4. The first-order valence-corrected chi connectivity index (χ1v) is 6.13. The van der Waals surface area contributed by atoms with Crippen LogP contribution in [0.25, 0.3) is 0 Å². The Balaban J connectivity index is 4.30. The van der Waals surface area contributed by atoms with Crippen molar-refractivity contribution in [3.05, 3.63) is 0 Å². The van der Waals surface area contributed by atoms with Gasteiger partial charge in [0.15, 0.2) is 0 Å². The Morgan fingerprint density at radius 2 is 1.75 bits per heavy atom. The molecule has 8 nitrogen and oxygen atoms in total. The molecule has 0 heterocycles. The molecule has 0 radical (unpaired) electrons. The normalized spacial score (nSPS) is 12.3. The molecule has 1 atom stereocenters. The van der Waals surface area contributed by atoms with E-state index in [0.717, 1.165) is 0 Å². The van der Waals surface area contributed by atoms with Crippen LogP contribution in [0.1, 0.15) is 33.6 Å². The lowest BCUT2D eigenvalue weighted by molar-refractivity contribution is -0.142. The molecule has 0 rings (SSSR count). The number of nitrogens with one attached hydrogen (secondary N) is 2. The van der Waals surface area contributed by atoms with Crippen LogP contribution in [0, 0.1) is 5.41 Å². The summed E-state index contributed by atoms with van der Waals surface area (Å²) in [5, 5.41) is 13.5. The molecule has 0 bridgehead atoms. The van der Waals surface area contributed by atoms with Gasteiger partial charge in [0, 0.05) is 11.8 Å². The summed E-state index contributed by atoms with van der Waals surface area (Å²) in [5.41, 5.74) is 4.28. The third-order valence-corrected chi connectivity index (χ3v) is 2.40. The van der Waals surface area contributed by atoms with Crippen LogP contribution >= 0.6 is 0 Å². The van der Waals surface area contributed by atoms with E-state index in [-0.39, 0.29) is 25.3 Å². The van der Waals surface area contributed by atoms with Crippen molar-refractivity contribution in [3.63, 3.8) is 0 Å². The van der Waals surface area contributed by atoms with Crippen LogP contribution in [-0.2, 0) is 19.2 Å². The molecule has 0 aliphatic heterocycles. The standard InChI is InChI=1S/C12H21N3O5/c1-12(2,3)11(20)14-6-9(17)15-7(10(18)19)4-5-8(13)16/h7H,4-6H2,1-3H3,(H2,13,16)(H,14,20)(H,15,17)(H,18,19)/t7-/m0/s1. The first-order valence-electron chi connectivity index (χ1n) is 6.13. The highest BCUT2D eigenvalue weighted by molar-refractivity contribution is 5.89. The van der Waals surface area contributed by atoms with Crippen molar-refractivity contribution in [3.8, 4) is 0 Å². The molecule has 5 N–H and O–H groups in total. The van der Waals surface area contributed by atoms with Gasteiger partial charge in [-0.15, -0.1) is 0 Å². The summed E-state index contributed by atoms with van der Waals surface area (Å²) in [6.45, 7) is 4.74. The number of hydrogen-bond donors (Lipinski definition) is 4.